The minimum Gasteiger partial charge on any atom is -0.354 e. The Morgan fingerprint density at radius 3 is 1.55 bits per heavy atom. The molecule has 1 N–H and O–H groups in total. The van der Waals surface area contributed by atoms with E-state index >= 15 is 0 Å². The van der Waals surface area contributed by atoms with E-state index in [1.807, 2.05) is 11.8 Å². The lowest BCUT2D eigenvalue weighted by molar-refractivity contribution is 1.20. The molecule has 3 aromatic rings. The molecule has 0 fully saturated rings. The number of hydrogen-bond acceptors (Lipinski definition) is 4. The van der Waals surface area contributed by atoms with Crippen LogP contribution in [0.25, 0.3) is 0 Å². The Labute approximate surface area is 122 Å². The molecule has 0 aliphatic carbocycles. The fourth-order valence-corrected chi connectivity index (χ4v) is 2.82. The Kier molecular flexibility index (Phi) is 3.94. The highest BCUT2D eigenvalue weighted by Crippen LogP contribution is 2.43. The van der Waals surface area contributed by atoms with Crippen LogP contribution in [0.15, 0.2) is 83.1 Å². The highest BCUT2D eigenvalue weighted by Gasteiger charge is 2.13. The van der Waals surface area contributed by atoms with Crippen LogP contribution in [-0.4, -0.2) is 9.97 Å². The van der Waals surface area contributed by atoms with Crippen LogP contribution in [0.2, 0.25) is 0 Å². The number of rotatable bonds is 0. The summed E-state index contributed by atoms with van der Waals surface area (Å²) < 4.78 is 0. The van der Waals surface area contributed by atoms with Gasteiger partial charge in [0.1, 0.15) is 0 Å². The molecule has 0 amide bonds. The second kappa shape index (κ2) is 6.21. The zero-order valence-corrected chi connectivity index (χ0v) is 11.5. The summed E-state index contributed by atoms with van der Waals surface area (Å²) >= 11 is 1.82. The third-order valence-corrected chi connectivity index (χ3v) is 3.89. The summed E-state index contributed by atoms with van der Waals surface area (Å²) in [5, 5.41) is 3.42. The van der Waals surface area contributed by atoms with Crippen LogP contribution in [0.1, 0.15) is 0 Å². The molecule has 98 valence electrons. The minimum absolute atomic E-state index is 1.20. The lowest BCUT2D eigenvalue weighted by atomic mass is 10.2. The van der Waals surface area contributed by atoms with Crippen molar-refractivity contribution in [3.05, 3.63) is 73.3 Å². The van der Waals surface area contributed by atoms with Gasteiger partial charge in [-0.15, -0.1) is 0 Å². The Morgan fingerprint density at radius 2 is 1.10 bits per heavy atom. The predicted molar refractivity (Wildman–Crippen MR) is 82.3 cm³/mol. The highest BCUT2D eigenvalue weighted by atomic mass is 32.2. The molecular formula is C16H13N3S. The second-order valence-electron chi connectivity index (χ2n) is 4.11. The first kappa shape index (κ1) is 12.7. The first-order valence-electron chi connectivity index (χ1n) is 6.26. The Bertz CT molecular complexity index is 572. The van der Waals surface area contributed by atoms with Gasteiger partial charge in [-0.05, 0) is 24.3 Å². The second-order valence-corrected chi connectivity index (χ2v) is 5.20. The maximum Gasteiger partial charge on any atom is 0.0526 e. The fourth-order valence-electron chi connectivity index (χ4n) is 1.83. The largest absolute Gasteiger partial charge is 0.354 e. The van der Waals surface area contributed by atoms with E-state index in [2.05, 4.69) is 63.8 Å². The fraction of sp³-hybridized carbons (Fsp3) is 0. The molecule has 2 aromatic carbocycles. The van der Waals surface area contributed by atoms with E-state index in [1.165, 1.54) is 21.2 Å². The topological polar surface area (TPSA) is 37.8 Å². The first-order valence-corrected chi connectivity index (χ1v) is 7.08. The average molecular weight is 279 g/mol. The molecule has 0 atom stereocenters. The van der Waals surface area contributed by atoms with Crippen LogP contribution in [0.4, 0.5) is 11.4 Å². The van der Waals surface area contributed by atoms with E-state index in [1.54, 1.807) is 24.8 Å². The highest BCUT2D eigenvalue weighted by molar-refractivity contribution is 7.99. The lowest BCUT2D eigenvalue weighted by Crippen LogP contribution is -1.98. The van der Waals surface area contributed by atoms with Crippen LogP contribution in [0, 0.1) is 0 Å². The minimum atomic E-state index is 1.20. The van der Waals surface area contributed by atoms with E-state index in [4.69, 9.17) is 0 Å². The van der Waals surface area contributed by atoms with E-state index < -0.39 is 0 Å². The molecule has 0 unspecified atom stereocenters. The van der Waals surface area contributed by atoms with Gasteiger partial charge in [-0.1, -0.05) is 36.0 Å². The molecule has 1 aromatic heterocycles. The van der Waals surface area contributed by atoms with E-state index in [0.29, 0.717) is 0 Å². The number of hydrogen-bond donors (Lipinski definition) is 1. The molecule has 4 heteroatoms. The Balaban J connectivity index is 0.000000170. The summed E-state index contributed by atoms with van der Waals surface area (Å²) in [6.45, 7) is 0. The van der Waals surface area contributed by atoms with Crippen molar-refractivity contribution in [3.63, 3.8) is 0 Å². The van der Waals surface area contributed by atoms with Crippen LogP contribution >= 0.6 is 11.8 Å². The summed E-state index contributed by atoms with van der Waals surface area (Å²) in [5.74, 6) is 0. The van der Waals surface area contributed by atoms with Crippen molar-refractivity contribution in [2.45, 2.75) is 9.79 Å². The van der Waals surface area contributed by atoms with E-state index in [9.17, 15) is 0 Å². The predicted octanol–water partition coefficient (Wildman–Crippen LogP) is 4.37. The van der Waals surface area contributed by atoms with Gasteiger partial charge in [0.15, 0.2) is 0 Å². The van der Waals surface area contributed by atoms with Crippen LogP contribution in [0.3, 0.4) is 0 Å². The van der Waals surface area contributed by atoms with Crippen molar-refractivity contribution in [2.75, 3.05) is 5.32 Å². The van der Waals surface area contributed by atoms with Crippen molar-refractivity contribution in [1.29, 1.82) is 0 Å². The molecule has 1 aliphatic rings. The number of nitrogens with one attached hydrogen (secondary N) is 1. The molecule has 0 saturated carbocycles. The molecule has 0 spiro atoms. The molecular weight excluding hydrogens is 266 g/mol. The zero-order chi connectivity index (χ0) is 13.6. The standard InChI is InChI=1S/C12H9NS.C4H4N2/c1-3-7-11-9(5-1)13-10-6-2-4-8-12(10)14-11;1-2-6-4-3-5-1/h1-8,13H;1-4H. The summed E-state index contributed by atoms with van der Waals surface area (Å²) in [6.07, 6.45) is 6.56. The van der Waals surface area contributed by atoms with Gasteiger partial charge in [-0.2, -0.15) is 0 Å². The molecule has 20 heavy (non-hydrogen) atoms. The summed E-state index contributed by atoms with van der Waals surface area (Å²) in [4.78, 5) is 10.0. The van der Waals surface area contributed by atoms with Gasteiger partial charge in [0.05, 0.1) is 11.4 Å². The third-order valence-electron chi connectivity index (χ3n) is 2.74. The van der Waals surface area contributed by atoms with Crippen molar-refractivity contribution in [1.82, 2.24) is 9.97 Å². The van der Waals surface area contributed by atoms with Gasteiger partial charge in [-0.25, -0.2) is 0 Å². The van der Waals surface area contributed by atoms with Gasteiger partial charge in [0, 0.05) is 34.6 Å². The van der Waals surface area contributed by atoms with Crippen LogP contribution < -0.4 is 5.32 Å². The molecule has 2 heterocycles. The lowest BCUT2D eigenvalue weighted by Gasteiger charge is -2.19. The normalized spacial score (nSPS) is 11.2. The summed E-state index contributed by atoms with van der Waals surface area (Å²) in [7, 11) is 0. The molecule has 0 saturated heterocycles. The van der Waals surface area contributed by atoms with Crippen LogP contribution in [-0.2, 0) is 0 Å². The smallest absolute Gasteiger partial charge is 0.0526 e. The Morgan fingerprint density at radius 1 is 0.650 bits per heavy atom. The van der Waals surface area contributed by atoms with Crippen molar-refractivity contribution < 1.29 is 0 Å². The average Bonchev–Trinajstić information content (AvgIpc) is 2.55. The number of benzene rings is 2. The number of para-hydroxylation sites is 2. The van der Waals surface area contributed by atoms with Gasteiger partial charge < -0.3 is 5.32 Å². The van der Waals surface area contributed by atoms with Crippen LogP contribution in [0.5, 0.6) is 0 Å². The number of anilines is 2. The van der Waals surface area contributed by atoms with Gasteiger partial charge >= 0.3 is 0 Å². The first-order chi connectivity index (χ1) is 9.93. The number of nitrogens with zero attached hydrogens (tertiary/aromatic N) is 2. The Hall–Kier alpha value is -2.33. The van der Waals surface area contributed by atoms with Gasteiger partial charge in [-0.3, -0.25) is 9.97 Å². The molecule has 4 rings (SSSR count). The maximum absolute atomic E-state index is 3.72. The molecule has 1 aliphatic heterocycles. The SMILES string of the molecule is c1ccc2c(c1)Nc1ccccc1S2.c1cnccn1. The van der Waals surface area contributed by atoms with E-state index in [0.717, 1.165) is 0 Å². The quantitative estimate of drug-likeness (QED) is 0.518. The van der Waals surface area contributed by atoms with E-state index in [-0.39, 0.29) is 0 Å². The monoisotopic (exact) mass is 279 g/mol. The van der Waals surface area contributed by atoms with Gasteiger partial charge in [0.25, 0.3) is 0 Å². The summed E-state index contributed by atoms with van der Waals surface area (Å²) in [6, 6.07) is 16.8. The third kappa shape index (κ3) is 2.97. The van der Waals surface area contributed by atoms with Crippen molar-refractivity contribution >= 4 is 23.1 Å². The zero-order valence-electron chi connectivity index (χ0n) is 10.7. The van der Waals surface area contributed by atoms with Crippen molar-refractivity contribution in [2.24, 2.45) is 0 Å². The number of aromatic nitrogens is 2. The molecule has 0 bridgehead atoms. The molecule has 3 nitrogen and oxygen atoms in total. The maximum atomic E-state index is 3.72. The summed E-state index contributed by atoms with van der Waals surface area (Å²) in [5.41, 5.74) is 2.41. The van der Waals surface area contributed by atoms with Gasteiger partial charge in [0.2, 0.25) is 0 Å². The molecule has 0 radical (unpaired) electrons. The number of fused-ring (bicyclic) bond motifs is 2. The van der Waals surface area contributed by atoms with Crippen molar-refractivity contribution in [3.8, 4) is 0 Å².